The number of carbonyl (C=O) groups is 2. The van der Waals surface area contributed by atoms with Gasteiger partial charge in [0.25, 0.3) is 11.8 Å². The highest BCUT2D eigenvalue weighted by Crippen LogP contribution is 2.34. The highest BCUT2D eigenvalue weighted by Gasteiger charge is 2.36. The van der Waals surface area contributed by atoms with Crippen molar-refractivity contribution in [3.8, 4) is 0 Å². The van der Waals surface area contributed by atoms with Crippen LogP contribution in [-0.2, 0) is 4.74 Å². The summed E-state index contributed by atoms with van der Waals surface area (Å²) in [5.74, 6) is 0.835. The molecule has 0 spiro atoms. The molecule has 0 bridgehead atoms. The van der Waals surface area contributed by atoms with Gasteiger partial charge in [0, 0.05) is 55.2 Å². The molecule has 1 atom stereocenters. The molecule has 1 fully saturated rings. The Morgan fingerprint density at radius 3 is 2.53 bits per heavy atom. The Morgan fingerprint density at radius 1 is 1.09 bits per heavy atom. The van der Waals surface area contributed by atoms with E-state index in [1.807, 2.05) is 65.3 Å². The molecule has 2 heterocycles. The minimum atomic E-state index is -0.231. The molecule has 170 valence electrons. The van der Waals surface area contributed by atoms with Gasteiger partial charge >= 0.3 is 0 Å². The van der Waals surface area contributed by atoms with E-state index >= 15 is 0 Å². The number of ether oxygens (including phenoxy) is 1. The molecule has 2 amide bonds. The zero-order valence-electron chi connectivity index (χ0n) is 19.0. The second kappa shape index (κ2) is 10.2. The van der Waals surface area contributed by atoms with Crippen molar-refractivity contribution in [1.82, 2.24) is 9.80 Å². The number of likely N-dealkylation sites (tertiary alicyclic amines) is 1. The third kappa shape index (κ3) is 4.80. The Kier molecular flexibility index (Phi) is 7.10. The van der Waals surface area contributed by atoms with Gasteiger partial charge in [-0.1, -0.05) is 25.1 Å². The Labute approximate surface area is 190 Å². The topological polar surface area (TPSA) is 61.9 Å². The average Bonchev–Trinajstić information content (AvgIpc) is 3.08. The van der Waals surface area contributed by atoms with E-state index < -0.39 is 0 Å². The van der Waals surface area contributed by atoms with E-state index in [0.29, 0.717) is 31.2 Å². The molecular formula is C26H33N3O3. The van der Waals surface area contributed by atoms with Gasteiger partial charge < -0.3 is 19.9 Å². The Bertz CT molecular complexity index is 936. The maximum Gasteiger partial charge on any atom is 0.256 e. The molecule has 4 rings (SSSR count). The second-order valence-corrected chi connectivity index (χ2v) is 8.74. The monoisotopic (exact) mass is 435 g/mol. The van der Waals surface area contributed by atoms with Crippen LogP contribution in [0.4, 0.5) is 5.69 Å². The van der Waals surface area contributed by atoms with E-state index in [0.717, 1.165) is 49.2 Å². The molecule has 0 aliphatic carbocycles. The Balaban J connectivity index is 1.46. The summed E-state index contributed by atoms with van der Waals surface area (Å²) < 4.78 is 5.46. The molecule has 1 N–H and O–H groups in total. The van der Waals surface area contributed by atoms with Crippen molar-refractivity contribution in [2.45, 2.75) is 39.3 Å². The van der Waals surface area contributed by atoms with E-state index in [4.69, 9.17) is 4.74 Å². The van der Waals surface area contributed by atoms with Crippen molar-refractivity contribution >= 4 is 17.5 Å². The van der Waals surface area contributed by atoms with Gasteiger partial charge in [-0.15, -0.1) is 0 Å². The first kappa shape index (κ1) is 22.3. The summed E-state index contributed by atoms with van der Waals surface area (Å²) in [6.07, 6.45) is 2.69. The number of piperidine rings is 1. The largest absolute Gasteiger partial charge is 0.382 e. The summed E-state index contributed by atoms with van der Waals surface area (Å²) in [5, 5.41) is 3.51. The fourth-order valence-corrected chi connectivity index (χ4v) is 4.50. The molecule has 2 aromatic carbocycles. The SMILES string of the molecule is CCOCCCN1C(=O)c2ccccc2C1Nc1ccc(C(=O)N2CCC(C)CC2)cc1. The third-order valence-electron chi connectivity index (χ3n) is 6.46. The number of rotatable bonds is 8. The van der Waals surface area contributed by atoms with Crippen LogP contribution >= 0.6 is 0 Å². The van der Waals surface area contributed by atoms with Crippen LogP contribution in [0, 0.1) is 5.92 Å². The number of benzene rings is 2. The zero-order valence-corrected chi connectivity index (χ0v) is 19.0. The molecule has 2 aliphatic rings. The highest BCUT2D eigenvalue weighted by atomic mass is 16.5. The number of fused-ring (bicyclic) bond motifs is 1. The molecule has 6 heteroatoms. The van der Waals surface area contributed by atoms with Crippen molar-refractivity contribution in [2.24, 2.45) is 5.92 Å². The van der Waals surface area contributed by atoms with Crippen molar-refractivity contribution in [2.75, 3.05) is 38.2 Å². The van der Waals surface area contributed by atoms with E-state index in [-0.39, 0.29) is 18.0 Å². The lowest BCUT2D eigenvalue weighted by Gasteiger charge is -2.30. The predicted octanol–water partition coefficient (Wildman–Crippen LogP) is 4.55. The second-order valence-electron chi connectivity index (χ2n) is 8.74. The quantitative estimate of drug-likeness (QED) is 0.618. The summed E-state index contributed by atoms with van der Waals surface area (Å²) >= 11 is 0. The molecular weight excluding hydrogens is 402 g/mol. The van der Waals surface area contributed by atoms with Crippen LogP contribution in [0.1, 0.15) is 65.6 Å². The molecule has 32 heavy (non-hydrogen) atoms. The molecule has 0 saturated carbocycles. The number of amides is 2. The van der Waals surface area contributed by atoms with Crippen molar-refractivity contribution in [3.05, 3.63) is 65.2 Å². The molecule has 6 nitrogen and oxygen atoms in total. The number of nitrogens with one attached hydrogen (secondary N) is 1. The van der Waals surface area contributed by atoms with Gasteiger partial charge in [0.2, 0.25) is 0 Å². The standard InChI is InChI=1S/C26H33N3O3/c1-3-32-18-6-15-29-24(22-7-4-5-8-23(22)26(29)31)27-21-11-9-20(10-12-21)25(30)28-16-13-19(2)14-17-28/h4-5,7-12,19,24,27H,3,6,13-18H2,1-2H3. The van der Waals surface area contributed by atoms with Gasteiger partial charge in [-0.2, -0.15) is 0 Å². The van der Waals surface area contributed by atoms with Crippen LogP contribution < -0.4 is 5.32 Å². The maximum atomic E-state index is 13.0. The van der Waals surface area contributed by atoms with Gasteiger partial charge in [0.05, 0.1) is 0 Å². The molecule has 0 aromatic heterocycles. The van der Waals surface area contributed by atoms with Crippen LogP contribution in [0.25, 0.3) is 0 Å². The zero-order chi connectivity index (χ0) is 22.5. The van der Waals surface area contributed by atoms with E-state index in [1.54, 1.807) is 0 Å². The van der Waals surface area contributed by atoms with Gasteiger partial charge in [-0.05, 0) is 62.4 Å². The van der Waals surface area contributed by atoms with Crippen LogP contribution in [0.15, 0.2) is 48.5 Å². The summed E-state index contributed by atoms with van der Waals surface area (Å²) in [4.78, 5) is 29.7. The van der Waals surface area contributed by atoms with E-state index in [9.17, 15) is 9.59 Å². The summed E-state index contributed by atoms with van der Waals surface area (Å²) in [5.41, 5.74) is 3.32. The fraction of sp³-hybridized carbons (Fsp3) is 0.462. The van der Waals surface area contributed by atoms with Crippen LogP contribution in [-0.4, -0.2) is 54.5 Å². The summed E-state index contributed by atoms with van der Waals surface area (Å²) in [6.45, 7) is 7.81. The number of anilines is 1. The fourth-order valence-electron chi connectivity index (χ4n) is 4.50. The first-order chi connectivity index (χ1) is 15.6. The van der Waals surface area contributed by atoms with Crippen molar-refractivity contribution in [3.63, 3.8) is 0 Å². The molecule has 1 saturated heterocycles. The van der Waals surface area contributed by atoms with Gasteiger partial charge in [-0.3, -0.25) is 9.59 Å². The van der Waals surface area contributed by atoms with Crippen LogP contribution in [0.5, 0.6) is 0 Å². The van der Waals surface area contributed by atoms with Crippen LogP contribution in [0.3, 0.4) is 0 Å². The van der Waals surface area contributed by atoms with Gasteiger partial charge in [0.1, 0.15) is 6.17 Å². The number of hydrogen-bond donors (Lipinski definition) is 1. The Hall–Kier alpha value is -2.86. The minimum absolute atomic E-state index is 0.0423. The maximum absolute atomic E-state index is 13.0. The van der Waals surface area contributed by atoms with Crippen LogP contribution in [0.2, 0.25) is 0 Å². The van der Waals surface area contributed by atoms with E-state index in [2.05, 4.69) is 12.2 Å². The first-order valence-electron chi connectivity index (χ1n) is 11.7. The third-order valence-corrected chi connectivity index (χ3v) is 6.46. The smallest absolute Gasteiger partial charge is 0.256 e. The number of nitrogens with zero attached hydrogens (tertiary/aromatic N) is 2. The number of hydrogen-bond acceptors (Lipinski definition) is 4. The van der Waals surface area contributed by atoms with E-state index in [1.165, 1.54) is 0 Å². The lowest BCUT2D eigenvalue weighted by Crippen LogP contribution is -2.37. The summed E-state index contributed by atoms with van der Waals surface area (Å²) in [6, 6.07) is 15.4. The molecule has 0 radical (unpaired) electrons. The highest BCUT2D eigenvalue weighted by molar-refractivity contribution is 5.99. The van der Waals surface area contributed by atoms with Crippen molar-refractivity contribution < 1.29 is 14.3 Å². The normalized spacial score (nSPS) is 18.7. The van der Waals surface area contributed by atoms with Crippen molar-refractivity contribution in [1.29, 1.82) is 0 Å². The lowest BCUT2D eigenvalue weighted by molar-refractivity contribution is 0.0694. The average molecular weight is 436 g/mol. The lowest BCUT2D eigenvalue weighted by atomic mass is 9.98. The van der Waals surface area contributed by atoms with Gasteiger partial charge in [-0.25, -0.2) is 0 Å². The van der Waals surface area contributed by atoms with Gasteiger partial charge in [0.15, 0.2) is 0 Å². The Morgan fingerprint density at radius 2 is 1.81 bits per heavy atom. The molecule has 1 unspecified atom stereocenters. The molecule has 2 aromatic rings. The molecule has 2 aliphatic heterocycles. The summed E-state index contributed by atoms with van der Waals surface area (Å²) in [7, 11) is 0. The predicted molar refractivity (Wildman–Crippen MR) is 126 cm³/mol. The number of carbonyl (C=O) groups excluding carboxylic acids is 2. The minimum Gasteiger partial charge on any atom is -0.382 e. The first-order valence-corrected chi connectivity index (χ1v) is 11.7.